The molecular formula is C25H16IN3O3. The average molecular weight is 533 g/mol. The van der Waals surface area contributed by atoms with Gasteiger partial charge in [0.1, 0.15) is 5.56 Å². The predicted molar refractivity (Wildman–Crippen MR) is 134 cm³/mol. The van der Waals surface area contributed by atoms with E-state index in [9.17, 15) is 14.7 Å². The fourth-order valence-corrected chi connectivity index (χ4v) is 4.07. The second-order valence-electron chi connectivity index (χ2n) is 7.21. The van der Waals surface area contributed by atoms with E-state index in [1.807, 2.05) is 66.7 Å². The number of nitrogens with zero attached hydrogens (tertiary/aromatic N) is 2. The number of allylic oxidation sites excluding steroid dienone is 1. The lowest BCUT2D eigenvalue weighted by Gasteiger charge is -2.11. The number of aromatic amines is 1. The number of para-hydroxylation sites is 1. The zero-order valence-electron chi connectivity index (χ0n) is 16.6. The van der Waals surface area contributed by atoms with Crippen LogP contribution in [0, 0.1) is 3.57 Å². The minimum atomic E-state index is -0.709. The van der Waals surface area contributed by atoms with Gasteiger partial charge in [0, 0.05) is 20.3 Å². The molecule has 5 rings (SSSR count). The number of halogens is 1. The molecule has 1 aromatic heterocycles. The van der Waals surface area contributed by atoms with Crippen LogP contribution in [0.1, 0.15) is 16.7 Å². The van der Waals surface area contributed by atoms with Gasteiger partial charge in [-0.05, 0) is 59.0 Å². The van der Waals surface area contributed by atoms with Gasteiger partial charge in [-0.3, -0.25) is 9.78 Å². The number of hydrogen-bond donors (Lipinski definition) is 2. The van der Waals surface area contributed by atoms with Crippen LogP contribution in [0.3, 0.4) is 0 Å². The lowest BCUT2D eigenvalue weighted by molar-refractivity contribution is 0.429. The molecule has 0 amide bonds. The molecule has 3 aromatic carbocycles. The molecule has 0 spiro atoms. The third-order valence-corrected chi connectivity index (χ3v) is 5.94. The third-order valence-electron chi connectivity index (χ3n) is 5.22. The predicted octanol–water partition coefficient (Wildman–Crippen LogP) is 4.51. The van der Waals surface area contributed by atoms with Crippen molar-refractivity contribution in [1.82, 2.24) is 9.55 Å². The van der Waals surface area contributed by atoms with Crippen LogP contribution in [0.4, 0.5) is 5.69 Å². The number of H-pyrrole nitrogens is 1. The summed E-state index contributed by atoms with van der Waals surface area (Å²) in [5.41, 5.74) is 2.95. The summed E-state index contributed by atoms with van der Waals surface area (Å²) in [6, 6.07) is 24.3. The minimum Gasteiger partial charge on any atom is -0.494 e. The van der Waals surface area contributed by atoms with Gasteiger partial charge in [0.15, 0.2) is 0 Å². The zero-order chi connectivity index (χ0) is 22.2. The van der Waals surface area contributed by atoms with Crippen molar-refractivity contribution in [2.75, 3.05) is 0 Å². The summed E-state index contributed by atoms with van der Waals surface area (Å²) < 4.78 is 2.07. The number of fused-ring (bicyclic) bond motifs is 1. The Morgan fingerprint density at radius 1 is 0.906 bits per heavy atom. The Hall–Kier alpha value is -3.72. The van der Waals surface area contributed by atoms with Crippen molar-refractivity contribution in [3.05, 3.63) is 120 Å². The van der Waals surface area contributed by atoms with Crippen molar-refractivity contribution in [3.63, 3.8) is 0 Å². The molecule has 1 aliphatic heterocycles. The maximum absolute atomic E-state index is 12.7. The molecule has 0 bridgehead atoms. The first-order valence-corrected chi connectivity index (χ1v) is 10.9. The third kappa shape index (κ3) is 3.50. The van der Waals surface area contributed by atoms with Crippen LogP contribution in [0.5, 0.6) is 5.88 Å². The highest BCUT2D eigenvalue weighted by Gasteiger charge is 2.24. The molecule has 0 saturated heterocycles. The molecule has 0 fully saturated rings. The largest absolute Gasteiger partial charge is 0.494 e. The Labute approximate surface area is 196 Å². The van der Waals surface area contributed by atoms with Gasteiger partial charge < -0.3 is 5.11 Å². The Bertz CT molecular complexity index is 1520. The number of aromatic hydroxyl groups is 1. The smallest absolute Gasteiger partial charge is 0.335 e. The SMILES string of the molecule is O=c1[nH]c(=O)n(-c2ccc(I)cc2)c(O)c1/C=C1/C(c2ccccc2)=Nc2ccccc21. The molecule has 2 N–H and O–H groups in total. The van der Waals surface area contributed by atoms with Crippen molar-refractivity contribution in [2.45, 2.75) is 0 Å². The van der Waals surface area contributed by atoms with Gasteiger partial charge >= 0.3 is 5.69 Å². The molecule has 0 saturated carbocycles. The summed E-state index contributed by atoms with van der Waals surface area (Å²) in [7, 11) is 0. The van der Waals surface area contributed by atoms with Crippen LogP contribution in [0.25, 0.3) is 17.3 Å². The fourth-order valence-electron chi connectivity index (χ4n) is 3.71. The molecule has 1 aliphatic rings. The van der Waals surface area contributed by atoms with E-state index in [0.717, 1.165) is 25.0 Å². The number of rotatable bonds is 3. The summed E-state index contributed by atoms with van der Waals surface area (Å²) >= 11 is 2.16. The van der Waals surface area contributed by atoms with Crippen molar-refractivity contribution >= 4 is 45.6 Å². The molecule has 0 aliphatic carbocycles. The number of benzene rings is 3. The van der Waals surface area contributed by atoms with E-state index >= 15 is 0 Å². The molecular weight excluding hydrogens is 517 g/mol. The van der Waals surface area contributed by atoms with Gasteiger partial charge in [-0.15, -0.1) is 0 Å². The summed E-state index contributed by atoms with van der Waals surface area (Å²) in [4.78, 5) is 32.3. The van der Waals surface area contributed by atoms with Gasteiger partial charge in [0.2, 0.25) is 5.88 Å². The Morgan fingerprint density at radius 3 is 2.34 bits per heavy atom. The van der Waals surface area contributed by atoms with E-state index < -0.39 is 17.1 Å². The number of nitrogens with one attached hydrogen (secondary N) is 1. The maximum Gasteiger partial charge on any atom is 0.335 e. The monoisotopic (exact) mass is 533 g/mol. The molecule has 32 heavy (non-hydrogen) atoms. The van der Waals surface area contributed by atoms with Gasteiger partial charge in [-0.1, -0.05) is 48.5 Å². The van der Waals surface area contributed by atoms with E-state index in [1.54, 1.807) is 18.2 Å². The van der Waals surface area contributed by atoms with Gasteiger partial charge in [0.05, 0.1) is 17.1 Å². The molecule has 6 nitrogen and oxygen atoms in total. The zero-order valence-corrected chi connectivity index (χ0v) is 18.8. The van der Waals surface area contributed by atoms with E-state index in [2.05, 4.69) is 27.6 Å². The standard InChI is InChI=1S/C25H16IN3O3/c26-16-10-12-17(13-11-16)29-24(31)20(23(30)28-25(29)32)14-19-18-8-4-5-9-21(18)27-22(19)15-6-2-1-3-7-15/h1-14,31H,(H,28,30,32)/b19-14+. The van der Waals surface area contributed by atoms with Crippen molar-refractivity contribution in [2.24, 2.45) is 4.99 Å². The summed E-state index contributed by atoms with van der Waals surface area (Å²) in [6.45, 7) is 0. The van der Waals surface area contributed by atoms with Gasteiger partial charge in [0.25, 0.3) is 5.56 Å². The summed E-state index contributed by atoms with van der Waals surface area (Å²) in [5, 5.41) is 11.0. The molecule has 156 valence electrons. The van der Waals surface area contributed by atoms with E-state index in [-0.39, 0.29) is 5.56 Å². The van der Waals surface area contributed by atoms with Crippen LogP contribution in [0.15, 0.2) is 93.4 Å². The number of aromatic nitrogens is 2. The lowest BCUT2D eigenvalue weighted by Crippen LogP contribution is -2.30. The molecule has 0 atom stereocenters. The van der Waals surface area contributed by atoms with Crippen molar-refractivity contribution < 1.29 is 5.11 Å². The van der Waals surface area contributed by atoms with Crippen LogP contribution in [-0.4, -0.2) is 20.4 Å². The van der Waals surface area contributed by atoms with Gasteiger partial charge in [-0.2, -0.15) is 0 Å². The van der Waals surface area contributed by atoms with Crippen LogP contribution >= 0.6 is 22.6 Å². The average Bonchev–Trinajstić information content (AvgIpc) is 3.17. The highest BCUT2D eigenvalue weighted by molar-refractivity contribution is 14.1. The van der Waals surface area contributed by atoms with E-state index in [0.29, 0.717) is 17.0 Å². The second kappa shape index (κ2) is 8.08. The highest BCUT2D eigenvalue weighted by Crippen LogP contribution is 2.38. The number of aliphatic imine (C=N–C) groups is 1. The molecule has 0 radical (unpaired) electrons. The quantitative estimate of drug-likeness (QED) is 0.380. The van der Waals surface area contributed by atoms with E-state index in [4.69, 9.17) is 4.99 Å². The van der Waals surface area contributed by atoms with E-state index in [1.165, 1.54) is 0 Å². The van der Waals surface area contributed by atoms with Crippen LogP contribution < -0.4 is 11.2 Å². The molecule has 4 aromatic rings. The fraction of sp³-hybridized carbons (Fsp3) is 0. The van der Waals surface area contributed by atoms with Crippen LogP contribution in [0.2, 0.25) is 0 Å². The Kier molecular flexibility index (Phi) is 5.10. The second-order valence-corrected chi connectivity index (χ2v) is 8.46. The molecule has 7 heteroatoms. The summed E-state index contributed by atoms with van der Waals surface area (Å²) in [5.74, 6) is -0.427. The lowest BCUT2D eigenvalue weighted by atomic mass is 9.96. The normalized spacial score (nSPS) is 13.8. The molecule has 0 unspecified atom stereocenters. The first kappa shape index (κ1) is 20.2. The first-order chi connectivity index (χ1) is 15.5. The minimum absolute atomic E-state index is 0.0153. The van der Waals surface area contributed by atoms with Crippen molar-refractivity contribution in [1.29, 1.82) is 0 Å². The number of hydrogen-bond acceptors (Lipinski definition) is 4. The first-order valence-electron chi connectivity index (χ1n) is 9.83. The Morgan fingerprint density at radius 2 is 1.59 bits per heavy atom. The molecule has 2 heterocycles. The summed E-state index contributed by atoms with van der Waals surface area (Å²) in [6.07, 6.45) is 1.59. The van der Waals surface area contributed by atoms with Crippen molar-refractivity contribution in [3.8, 4) is 11.6 Å². The van der Waals surface area contributed by atoms with Crippen LogP contribution in [-0.2, 0) is 0 Å². The van der Waals surface area contributed by atoms with Gasteiger partial charge in [-0.25, -0.2) is 14.4 Å². The highest BCUT2D eigenvalue weighted by atomic mass is 127. The Balaban J connectivity index is 1.74. The maximum atomic E-state index is 12.7. The topological polar surface area (TPSA) is 87.5 Å².